The number of imide groups is 1. The van der Waals surface area contributed by atoms with Crippen LogP contribution in [-0.2, 0) is 14.3 Å². The quantitative estimate of drug-likeness (QED) is 0.356. The maximum absolute atomic E-state index is 12.5. The molecule has 0 atom stereocenters. The number of fused-ring (bicyclic) bond motifs is 1. The van der Waals surface area contributed by atoms with Gasteiger partial charge in [0.25, 0.3) is 5.91 Å². The molecule has 38 heavy (non-hydrogen) atoms. The van der Waals surface area contributed by atoms with Crippen LogP contribution in [-0.4, -0.2) is 89.1 Å². The highest BCUT2D eigenvalue weighted by Crippen LogP contribution is 2.34. The van der Waals surface area contributed by atoms with Gasteiger partial charge in [0.2, 0.25) is 11.9 Å². The van der Waals surface area contributed by atoms with E-state index in [-0.39, 0.29) is 11.8 Å². The molecule has 0 unspecified atom stereocenters. The number of hydrogen-bond acceptors (Lipinski definition) is 9. The third-order valence-electron chi connectivity index (χ3n) is 6.78. The molecular formula is C26H31N7O4S. The molecule has 2 saturated heterocycles. The monoisotopic (exact) mass is 537 g/mol. The van der Waals surface area contributed by atoms with Crippen molar-refractivity contribution in [1.82, 2.24) is 25.1 Å². The number of nitrogens with one attached hydrogen (secondary N) is 3. The average Bonchev–Trinajstić information content (AvgIpc) is 3.41. The minimum absolute atomic E-state index is 0.00280. The molecule has 2 aliphatic heterocycles. The van der Waals surface area contributed by atoms with Crippen LogP contribution in [0.2, 0.25) is 0 Å². The van der Waals surface area contributed by atoms with Crippen molar-refractivity contribution in [3.05, 3.63) is 36.5 Å². The van der Waals surface area contributed by atoms with E-state index in [1.165, 1.54) is 4.90 Å². The van der Waals surface area contributed by atoms with Crippen LogP contribution in [0.15, 0.2) is 36.5 Å². The smallest absolute Gasteiger partial charge is 0.325 e. The third-order valence-corrected chi connectivity index (χ3v) is 7.92. The molecule has 200 valence electrons. The standard InChI is InChI=1S/C26H31N7O4S/c1-26(2)23(35)31-25(36)33(26)10-8-28-24-27-7-5-19(30-24)21-16-17-15-18(3-4-20(17)38-21)29-22(34)6-9-32-11-13-37-14-12-32/h3-5,7,15-16H,6,8-14H2,1-2H3,(H,29,34)(H,27,28,30)(H,31,35,36). The maximum atomic E-state index is 12.5. The van der Waals surface area contributed by atoms with Crippen molar-refractivity contribution in [3.8, 4) is 10.6 Å². The second-order valence-corrected chi connectivity index (χ2v) is 10.9. The third kappa shape index (κ3) is 5.77. The lowest BCUT2D eigenvalue weighted by atomic mass is 10.0. The first-order chi connectivity index (χ1) is 18.3. The molecule has 2 aliphatic rings. The van der Waals surface area contributed by atoms with E-state index in [2.05, 4.69) is 36.9 Å². The number of carbonyl (C=O) groups excluding carboxylic acids is 3. The topological polar surface area (TPSA) is 129 Å². The van der Waals surface area contributed by atoms with E-state index in [4.69, 9.17) is 4.74 Å². The molecule has 0 saturated carbocycles. The van der Waals surface area contributed by atoms with E-state index < -0.39 is 11.6 Å². The van der Waals surface area contributed by atoms with Crippen LogP contribution in [0, 0.1) is 0 Å². The summed E-state index contributed by atoms with van der Waals surface area (Å²) in [6.45, 7) is 8.07. The van der Waals surface area contributed by atoms with Crippen LogP contribution in [0.5, 0.6) is 0 Å². The second-order valence-electron chi connectivity index (χ2n) is 9.78. The molecule has 3 aromatic rings. The number of morpholine rings is 1. The first kappa shape index (κ1) is 26.0. The lowest BCUT2D eigenvalue weighted by Gasteiger charge is -2.27. The minimum Gasteiger partial charge on any atom is -0.379 e. The summed E-state index contributed by atoms with van der Waals surface area (Å²) in [7, 11) is 0. The predicted molar refractivity (Wildman–Crippen MR) is 146 cm³/mol. The van der Waals surface area contributed by atoms with Gasteiger partial charge in [0.15, 0.2) is 0 Å². The largest absolute Gasteiger partial charge is 0.379 e. The predicted octanol–water partition coefficient (Wildman–Crippen LogP) is 2.76. The summed E-state index contributed by atoms with van der Waals surface area (Å²) >= 11 is 1.61. The molecule has 0 spiro atoms. The molecule has 2 aromatic heterocycles. The van der Waals surface area contributed by atoms with Crippen molar-refractivity contribution < 1.29 is 19.1 Å². The molecule has 1 aromatic carbocycles. The van der Waals surface area contributed by atoms with Gasteiger partial charge in [0.05, 0.1) is 23.8 Å². The summed E-state index contributed by atoms with van der Waals surface area (Å²) in [6, 6.07) is 9.41. The number of nitrogens with zero attached hydrogens (tertiary/aromatic N) is 4. The zero-order valence-electron chi connectivity index (χ0n) is 21.5. The van der Waals surface area contributed by atoms with Crippen molar-refractivity contribution in [1.29, 1.82) is 0 Å². The Labute approximate surface area is 224 Å². The molecular weight excluding hydrogens is 506 g/mol. The first-order valence-corrected chi connectivity index (χ1v) is 13.5. The highest BCUT2D eigenvalue weighted by Gasteiger charge is 2.45. The highest BCUT2D eigenvalue weighted by molar-refractivity contribution is 7.22. The number of hydrogen-bond donors (Lipinski definition) is 3. The van der Waals surface area contributed by atoms with Crippen molar-refractivity contribution in [2.24, 2.45) is 0 Å². The molecule has 5 rings (SSSR count). The van der Waals surface area contributed by atoms with Crippen LogP contribution in [0.3, 0.4) is 0 Å². The van der Waals surface area contributed by atoms with Gasteiger partial charge in [-0.3, -0.25) is 19.8 Å². The molecule has 12 heteroatoms. The van der Waals surface area contributed by atoms with Gasteiger partial charge >= 0.3 is 6.03 Å². The summed E-state index contributed by atoms with van der Waals surface area (Å²) in [4.78, 5) is 50.1. The normalized spacial score (nSPS) is 17.6. The minimum atomic E-state index is -0.889. The maximum Gasteiger partial charge on any atom is 0.325 e. The molecule has 2 fully saturated rings. The number of anilines is 2. The fourth-order valence-electron chi connectivity index (χ4n) is 4.49. The van der Waals surface area contributed by atoms with Crippen LogP contribution in [0.4, 0.5) is 16.4 Å². The number of carbonyl (C=O) groups is 3. The van der Waals surface area contributed by atoms with Crippen molar-refractivity contribution in [2.45, 2.75) is 25.8 Å². The van der Waals surface area contributed by atoms with E-state index in [9.17, 15) is 14.4 Å². The Morgan fingerprint density at radius 2 is 1.97 bits per heavy atom. The Morgan fingerprint density at radius 1 is 1.16 bits per heavy atom. The van der Waals surface area contributed by atoms with Gasteiger partial charge in [-0.05, 0) is 49.6 Å². The SMILES string of the molecule is CC1(C)C(=O)NC(=O)N1CCNc1nccc(-c2cc3cc(NC(=O)CCN4CCOCC4)ccc3s2)n1. The van der Waals surface area contributed by atoms with Gasteiger partial charge in [-0.15, -0.1) is 11.3 Å². The second kappa shape index (κ2) is 11.0. The van der Waals surface area contributed by atoms with Gasteiger partial charge in [-0.1, -0.05) is 0 Å². The fraction of sp³-hybridized carbons (Fsp3) is 0.423. The number of aromatic nitrogens is 2. The Morgan fingerprint density at radius 3 is 2.74 bits per heavy atom. The Hall–Kier alpha value is -3.61. The van der Waals surface area contributed by atoms with Crippen LogP contribution in [0.25, 0.3) is 20.7 Å². The van der Waals surface area contributed by atoms with Gasteiger partial charge in [0, 0.05) is 55.7 Å². The van der Waals surface area contributed by atoms with Crippen molar-refractivity contribution >= 4 is 50.9 Å². The Balaban J connectivity index is 1.19. The number of amides is 4. The molecule has 0 aliphatic carbocycles. The number of urea groups is 1. The molecule has 0 bridgehead atoms. The van der Waals surface area contributed by atoms with Crippen molar-refractivity contribution in [2.75, 3.05) is 56.6 Å². The zero-order chi connectivity index (χ0) is 26.7. The van der Waals surface area contributed by atoms with Crippen LogP contribution in [0.1, 0.15) is 20.3 Å². The van der Waals surface area contributed by atoms with Crippen molar-refractivity contribution in [3.63, 3.8) is 0 Å². The molecule has 4 heterocycles. The molecule has 4 amide bonds. The molecule has 0 radical (unpaired) electrons. The summed E-state index contributed by atoms with van der Waals surface area (Å²) in [5, 5.41) is 9.52. The highest BCUT2D eigenvalue weighted by atomic mass is 32.1. The summed E-state index contributed by atoms with van der Waals surface area (Å²) in [6.07, 6.45) is 2.13. The number of rotatable bonds is 9. The Bertz CT molecular complexity index is 1350. The van der Waals surface area contributed by atoms with E-state index in [0.29, 0.717) is 25.5 Å². The van der Waals surface area contributed by atoms with E-state index in [1.54, 1.807) is 31.4 Å². The van der Waals surface area contributed by atoms with Gasteiger partial charge in [-0.25, -0.2) is 14.8 Å². The van der Waals surface area contributed by atoms with Crippen LogP contribution >= 0.6 is 11.3 Å². The fourth-order valence-corrected chi connectivity index (χ4v) is 5.50. The number of benzene rings is 1. The van der Waals surface area contributed by atoms with E-state index in [0.717, 1.165) is 59.2 Å². The number of ether oxygens (including phenoxy) is 1. The van der Waals surface area contributed by atoms with Gasteiger partial charge in [-0.2, -0.15) is 0 Å². The molecule has 11 nitrogen and oxygen atoms in total. The summed E-state index contributed by atoms with van der Waals surface area (Å²) in [5.74, 6) is 0.134. The average molecular weight is 538 g/mol. The lowest BCUT2D eigenvalue weighted by Crippen LogP contribution is -2.46. The Kier molecular flexibility index (Phi) is 7.54. The van der Waals surface area contributed by atoms with Crippen LogP contribution < -0.4 is 16.0 Å². The van der Waals surface area contributed by atoms with Gasteiger partial charge < -0.3 is 20.3 Å². The van der Waals surface area contributed by atoms with E-state index in [1.807, 2.05) is 24.3 Å². The number of thiophene rings is 1. The van der Waals surface area contributed by atoms with E-state index >= 15 is 0 Å². The first-order valence-electron chi connectivity index (χ1n) is 12.6. The zero-order valence-corrected chi connectivity index (χ0v) is 22.3. The molecule has 3 N–H and O–H groups in total. The lowest BCUT2D eigenvalue weighted by molar-refractivity contribution is -0.125. The summed E-state index contributed by atoms with van der Waals surface area (Å²) < 4.78 is 6.44. The van der Waals surface area contributed by atoms with Gasteiger partial charge in [0.1, 0.15) is 5.54 Å². The summed E-state index contributed by atoms with van der Waals surface area (Å²) in [5.41, 5.74) is 0.653.